The normalized spacial score (nSPS) is 16.0. The molecule has 0 aliphatic carbocycles. The van der Waals surface area contributed by atoms with Crippen molar-refractivity contribution >= 4 is 33.3 Å². The summed E-state index contributed by atoms with van der Waals surface area (Å²) >= 11 is 1.20. The Hall–Kier alpha value is -2.16. The van der Waals surface area contributed by atoms with Crippen LogP contribution in [0, 0.1) is 0 Å². The number of ether oxygens (including phenoxy) is 1. The maximum absolute atomic E-state index is 12.4. The number of likely N-dealkylation sites (tertiary alicyclic amines) is 1. The molecule has 1 aliphatic rings. The molecule has 2 aromatic rings. The average Bonchev–Trinajstić information content (AvgIpc) is 3.22. The van der Waals surface area contributed by atoms with E-state index in [-0.39, 0.29) is 11.9 Å². The van der Waals surface area contributed by atoms with Gasteiger partial charge < -0.3 is 9.64 Å². The monoisotopic (exact) mass is 406 g/mol. The van der Waals surface area contributed by atoms with Crippen molar-refractivity contribution in [3.05, 3.63) is 53.4 Å². The van der Waals surface area contributed by atoms with E-state index >= 15 is 0 Å². The van der Waals surface area contributed by atoms with Gasteiger partial charge >= 0.3 is 0 Å². The van der Waals surface area contributed by atoms with E-state index in [4.69, 9.17) is 4.74 Å². The third-order valence-corrected chi connectivity index (χ3v) is 7.32. The number of sulfonamides is 1. The quantitative estimate of drug-likeness (QED) is 0.749. The van der Waals surface area contributed by atoms with E-state index in [1.165, 1.54) is 11.3 Å². The molecule has 2 heterocycles. The number of hydrogen-bond acceptors (Lipinski definition) is 5. The molecule has 144 valence electrons. The van der Waals surface area contributed by atoms with Crippen molar-refractivity contribution in [3.63, 3.8) is 0 Å². The summed E-state index contributed by atoms with van der Waals surface area (Å²) in [7, 11) is -1.87. The van der Waals surface area contributed by atoms with Crippen molar-refractivity contribution < 1.29 is 17.9 Å². The zero-order chi connectivity index (χ0) is 19.3. The third-order valence-electron chi connectivity index (χ3n) is 4.40. The second kappa shape index (κ2) is 8.69. The molecular formula is C19H22N2O4S2. The van der Waals surface area contributed by atoms with Crippen molar-refractivity contribution in [2.45, 2.75) is 23.1 Å². The predicted octanol–water partition coefficient (Wildman–Crippen LogP) is 2.74. The smallest absolute Gasteiger partial charge is 0.250 e. The number of amides is 1. The first-order valence-electron chi connectivity index (χ1n) is 8.65. The molecule has 1 saturated heterocycles. The van der Waals surface area contributed by atoms with Crippen molar-refractivity contribution in [1.82, 2.24) is 9.62 Å². The van der Waals surface area contributed by atoms with Crippen molar-refractivity contribution in [3.8, 4) is 5.75 Å². The summed E-state index contributed by atoms with van der Waals surface area (Å²) in [5, 5.41) is 1.74. The van der Waals surface area contributed by atoms with E-state index < -0.39 is 10.0 Å². The van der Waals surface area contributed by atoms with Gasteiger partial charge in [-0.2, -0.15) is 0 Å². The molecular weight excluding hydrogens is 384 g/mol. The second-order valence-corrected chi connectivity index (χ2v) is 9.15. The molecule has 1 aromatic carbocycles. The van der Waals surface area contributed by atoms with Crippen LogP contribution < -0.4 is 9.46 Å². The van der Waals surface area contributed by atoms with Crippen LogP contribution in [0.4, 0.5) is 0 Å². The fourth-order valence-electron chi connectivity index (χ4n) is 2.93. The van der Waals surface area contributed by atoms with Crippen LogP contribution in [0.1, 0.15) is 18.4 Å². The van der Waals surface area contributed by atoms with Crippen molar-refractivity contribution in [2.24, 2.45) is 0 Å². The van der Waals surface area contributed by atoms with Crippen LogP contribution >= 0.6 is 11.3 Å². The van der Waals surface area contributed by atoms with Crippen LogP contribution in [0.25, 0.3) is 6.08 Å². The summed E-state index contributed by atoms with van der Waals surface area (Å²) < 4.78 is 32.8. The van der Waals surface area contributed by atoms with Crippen LogP contribution in [0.3, 0.4) is 0 Å². The molecule has 0 radical (unpaired) electrons. The summed E-state index contributed by atoms with van der Waals surface area (Å²) in [5.41, 5.74) is 0.890. The minimum absolute atomic E-state index is 0.0719. The highest BCUT2D eigenvalue weighted by Gasteiger charge is 2.26. The van der Waals surface area contributed by atoms with E-state index in [0.717, 1.165) is 11.3 Å². The summed E-state index contributed by atoms with van der Waals surface area (Å²) in [5.74, 6) is 0.667. The number of carbonyl (C=O) groups excluding carboxylic acids is 1. The van der Waals surface area contributed by atoms with Gasteiger partial charge in [-0.05, 0) is 48.1 Å². The Balaban J connectivity index is 1.52. The molecule has 0 atom stereocenters. The number of rotatable bonds is 6. The lowest BCUT2D eigenvalue weighted by atomic mass is 10.1. The lowest BCUT2D eigenvalue weighted by Gasteiger charge is -2.31. The van der Waals surface area contributed by atoms with Crippen molar-refractivity contribution in [1.29, 1.82) is 0 Å². The maximum atomic E-state index is 12.4. The van der Waals surface area contributed by atoms with Crippen LogP contribution in [0.2, 0.25) is 0 Å². The molecule has 1 aromatic heterocycles. The van der Waals surface area contributed by atoms with Gasteiger partial charge in [0.1, 0.15) is 9.96 Å². The number of methoxy groups -OCH3 is 1. The Bertz CT molecular complexity index is 900. The highest BCUT2D eigenvalue weighted by atomic mass is 32.2. The molecule has 1 amide bonds. The molecule has 27 heavy (non-hydrogen) atoms. The Labute approximate surface area is 163 Å². The summed E-state index contributed by atoms with van der Waals surface area (Å²) in [6, 6.07) is 10.6. The molecule has 1 fully saturated rings. The number of nitrogens with zero attached hydrogens (tertiary/aromatic N) is 1. The van der Waals surface area contributed by atoms with Gasteiger partial charge in [0, 0.05) is 25.2 Å². The Morgan fingerprint density at radius 3 is 2.70 bits per heavy atom. The fraction of sp³-hybridized carbons (Fsp3) is 0.316. The third kappa shape index (κ3) is 5.18. The zero-order valence-corrected chi connectivity index (χ0v) is 16.6. The number of carbonyl (C=O) groups is 1. The van der Waals surface area contributed by atoms with Crippen LogP contribution in [0.5, 0.6) is 5.75 Å². The van der Waals surface area contributed by atoms with E-state index in [1.54, 1.807) is 41.7 Å². The standard InChI is InChI=1S/C19H22N2O4S2/c1-25-17-5-2-4-15(14-17)7-8-18(22)21-11-9-16(10-12-21)20-27(23,24)19-6-3-13-26-19/h2-8,13-14,16,20H,9-12H2,1H3/b8-7+. The first-order chi connectivity index (χ1) is 13.0. The van der Waals surface area contributed by atoms with E-state index in [9.17, 15) is 13.2 Å². The number of piperidine rings is 1. The second-order valence-electron chi connectivity index (χ2n) is 6.26. The number of benzene rings is 1. The molecule has 6 nitrogen and oxygen atoms in total. The maximum Gasteiger partial charge on any atom is 0.250 e. The first-order valence-corrected chi connectivity index (χ1v) is 11.0. The highest BCUT2D eigenvalue weighted by Crippen LogP contribution is 2.19. The molecule has 0 unspecified atom stereocenters. The number of hydrogen-bond donors (Lipinski definition) is 1. The van der Waals surface area contributed by atoms with Gasteiger partial charge in [-0.3, -0.25) is 4.79 Å². The highest BCUT2D eigenvalue weighted by molar-refractivity contribution is 7.91. The lowest BCUT2D eigenvalue weighted by molar-refractivity contribution is -0.126. The summed E-state index contributed by atoms with van der Waals surface area (Å²) in [6.07, 6.45) is 4.51. The minimum atomic E-state index is -3.47. The topological polar surface area (TPSA) is 75.7 Å². The Morgan fingerprint density at radius 1 is 1.26 bits per heavy atom. The molecule has 8 heteroatoms. The fourth-order valence-corrected chi connectivity index (χ4v) is 5.24. The molecule has 0 spiro atoms. The zero-order valence-electron chi connectivity index (χ0n) is 15.0. The minimum Gasteiger partial charge on any atom is -0.497 e. The Morgan fingerprint density at radius 2 is 2.04 bits per heavy atom. The van der Waals surface area contributed by atoms with Gasteiger partial charge in [-0.15, -0.1) is 11.3 Å². The van der Waals surface area contributed by atoms with Gasteiger partial charge in [-0.1, -0.05) is 18.2 Å². The van der Waals surface area contributed by atoms with Gasteiger partial charge in [0.15, 0.2) is 0 Å². The van der Waals surface area contributed by atoms with E-state index in [2.05, 4.69) is 4.72 Å². The van der Waals surface area contributed by atoms with Gasteiger partial charge in [0.25, 0.3) is 0 Å². The largest absolute Gasteiger partial charge is 0.497 e. The van der Waals surface area contributed by atoms with Gasteiger partial charge in [0.05, 0.1) is 7.11 Å². The number of thiophene rings is 1. The average molecular weight is 407 g/mol. The van der Waals surface area contributed by atoms with E-state index in [0.29, 0.717) is 30.1 Å². The molecule has 1 aliphatic heterocycles. The van der Waals surface area contributed by atoms with E-state index in [1.807, 2.05) is 24.3 Å². The van der Waals surface area contributed by atoms with Crippen LogP contribution in [-0.4, -0.2) is 45.5 Å². The number of nitrogens with one attached hydrogen (secondary N) is 1. The summed E-state index contributed by atoms with van der Waals surface area (Å²) in [6.45, 7) is 1.05. The molecule has 3 rings (SSSR count). The van der Waals surface area contributed by atoms with Crippen molar-refractivity contribution in [2.75, 3.05) is 20.2 Å². The van der Waals surface area contributed by atoms with Gasteiger partial charge in [0.2, 0.25) is 15.9 Å². The molecule has 1 N–H and O–H groups in total. The SMILES string of the molecule is COc1cccc(/C=C/C(=O)N2CCC(NS(=O)(=O)c3cccs3)CC2)c1. The molecule has 0 saturated carbocycles. The van der Waals surface area contributed by atoms with Crippen LogP contribution in [0.15, 0.2) is 52.1 Å². The lowest BCUT2D eigenvalue weighted by Crippen LogP contribution is -2.46. The molecule has 0 bridgehead atoms. The Kier molecular flexibility index (Phi) is 6.30. The predicted molar refractivity (Wildman–Crippen MR) is 106 cm³/mol. The summed E-state index contributed by atoms with van der Waals surface area (Å²) in [4.78, 5) is 14.1. The first kappa shape index (κ1) is 19.6. The van der Waals surface area contributed by atoms with Crippen LogP contribution in [-0.2, 0) is 14.8 Å². The van der Waals surface area contributed by atoms with Gasteiger partial charge in [-0.25, -0.2) is 13.1 Å².